The monoisotopic (exact) mass is 299 g/mol. The van der Waals surface area contributed by atoms with Crippen LogP contribution in [0.4, 0.5) is 0 Å². The molecule has 17 heavy (non-hydrogen) atoms. The molecule has 2 rings (SSSR count). The lowest BCUT2D eigenvalue weighted by Crippen LogP contribution is -2.20. The SMILES string of the molecule is NC(=O)COc1cc(Br)cc(OCC2CC2)c1. The molecule has 1 fully saturated rings. The van der Waals surface area contributed by atoms with Gasteiger partial charge in [-0.15, -0.1) is 0 Å². The number of halogens is 1. The van der Waals surface area contributed by atoms with Gasteiger partial charge < -0.3 is 15.2 Å². The fourth-order valence-electron chi connectivity index (χ4n) is 1.36. The smallest absolute Gasteiger partial charge is 0.255 e. The van der Waals surface area contributed by atoms with Gasteiger partial charge in [-0.2, -0.15) is 0 Å². The Hall–Kier alpha value is -1.23. The number of carbonyl (C=O) groups excluding carboxylic acids is 1. The third kappa shape index (κ3) is 4.26. The molecule has 5 heteroatoms. The number of ether oxygens (including phenoxy) is 2. The standard InChI is InChI=1S/C12H14BrNO3/c13-9-3-10(16-6-8-1-2-8)5-11(4-9)17-7-12(14)15/h3-5,8H,1-2,6-7H2,(H2,14,15). The summed E-state index contributed by atoms with van der Waals surface area (Å²) < 4.78 is 11.7. The third-order valence-corrected chi connectivity index (χ3v) is 2.87. The second kappa shape index (κ2) is 5.40. The average molecular weight is 300 g/mol. The minimum Gasteiger partial charge on any atom is -0.493 e. The topological polar surface area (TPSA) is 61.6 Å². The van der Waals surface area contributed by atoms with Crippen molar-refractivity contribution in [2.24, 2.45) is 11.7 Å². The zero-order valence-corrected chi connectivity index (χ0v) is 10.9. The first-order valence-corrected chi connectivity index (χ1v) is 6.27. The van der Waals surface area contributed by atoms with Crippen molar-refractivity contribution >= 4 is 21.8 Å². The van der Waals surface area contributed by atoms with Crippen molar-refractivity contribution in [3.63, 3.8) is 0 Å². The minimum atomic E-state index is -0.495. The molecule has 4 nitrogen and oxygen atoms in total. The van der Waals surface area contributed by atoms with E-state index in [2.05, 4.69) is 15.9 Å². The van der Waals surface area contributed by atoms with Crippen molar-refractivity contribution < 1.29 is 14.3 Å². The first-order chi connectivity index (χ1) is 8.13. The van der Waals surface area contributed by atoms with E-state index in [1.807, 2.05) is 6.07 Å². The Morgan fingerprint density at radius 1 is 1.29 bits per heavy atom. The van der Waals surface area contributed by atoms with Crippen LogP contribution in [0.2, 0.25) is 0 Å². The zero-order chi connectivity index (χ0) is 12.3. The van der Waals surface area contributed by atoms with Crippen molar-refractivity contribution in [2.75, 3.05) is 13.2 Å². The average Bonchev–Trinajstić information content (AvgIpc) is 3.07. The summed E-state index contributed by atoms with van der Waals surface area (Å²) in [6.45, 7) is 0.615. The molecule has 1 aliphatic carbocycles. The predicted molar refractivity (Wildman–Crippen MR) is 67.1 cm³/mol. The fraction of sp³-hybridized carbons (Fsp3) is 0.417. The predicted octanol–water partition coefficient (Wildman–Crippen LogP) is 2.10. The fourth-order valence-corrected chi connectivity index (χ4v) is 1.81. The summed E-state index contributed by atoms with van der Waals surface area (Å²) in [5, 5.41) is 0. The normalized spacial score (nSPS) is 14.4. The summed E-state index contributed by atoms with van der Waals surface area (Å²) in [4.78, 5) is 10.6. The Labute approximate surface area is 108 Å². The van der Waals surface area contributed by atoms with Gasteiger partial charge in [0.25, 0.3) is 5.91 Å². The van der Waals surface area contributed by atoms with E-state index >= 15 is 0 Å². The number of hydrogen-bond acceptors (Lipinski definition) is 3. The highest BCUT2D eigenvalue weighted by Crippen LogP contribution is 2.31. The number of primary amides is 1. The molecule has 1 saturated carbocycles. The van der Waals surface area contributed by atoms with Crippen LogP contribution in [0.15, 0.2) is 22.7 Å². The second-order valence-corrected chi connectivity index (χ2v) is 5.05. The molecule has 1 amide bonds. The van der Waals surface area contributed by atoms with Crippen LogP contribution in [0.5, 0.6) is 11.5 Å². The van der Waals surface area contributed by atoms with Crippen molar-refractivity contribution in [2.45, 2.75) is 12.8 Å². The largest absolute Gasteiger partial charge is 0.493 e. The number of hydrogen-bond donors (Lipinski definition) is 1. The molecule has 1 aromatic carbocycles. The molecule has 0 saturated heterocycles. The summed E-state index contributed by atoms with van der Waals surface area (Å²) >= 11 is 3.37. The first-order valence-electron chi connectivity index (χ1n) is 5.48. The maximum atomic E-state index is 10.6. The lowest BCUT2D eigenvalue weighted by Gasteiger charge is -2.09. The quantitative estimate of drug-likeness (QED) is 0.875. The number of rotatable bonds is 6. The Morgan fingerprint density at radius 3 is 2.53 bits per heavy atom. The molecular weight excluding hydrogens is 286 g/mol. The summed E-state index contributed by atoms with van der Waals surface area (Å²) in [6, 6.07) is 5.41. The highest BCUT2D eigenvalue weighted by Gasteiger charge is 2.22. The molecule has 0 unspecified atom stereocenters. The van der Waals surface area contributed by atoms with Crippen molar-refractivity contribution in [1.82, 2.24) is 0 Å². The third-order valence-electron chi connectivity index (χ3n) is 2.41. The van der Waals surface area contributed by atoms with E-state index < -0.39 is 5.91 Å². The maximum Gasteiger partial charge on any atom is 0.255 e. The molecule has 0 atom stereocenters. The molecule has 0 spiro atoms. The van der Waals surface area contributed by atoms with E-state index in [4.69, 9.17) is 15.2 Å². The van der Waals surface area contributed by atoms with Crippen LogP contribution in [0.3, 0.4) is 0 Å². The van der Waals surface area contributed by atoms with Crippen molar-refractivity contribution in [3.05, 3.63) is 22.7 Å². The van der Waals surface area contributed by atoms with E-state index in [0.29, 0.717) is 11.7 Å². The zero-order valence-electron chi connectivity index (χ0n) is 9.32. The van der Waals surface area contributed by atoms with Crippen LogP contribution < -0.4 is 15.2 Å². The first kappa shape index (κ1) is 12.2. The summed E-state index contributed by atoms with van der Waals surface area (Å²) in [7, 11) is 0. The Kier molecular flexibility index (Phi) is 3.89. The molecule has 1 aliphatic rings. The van der Waals surface area contributed by atoms with Crippen LogP contribution in [0, 0.1) is 5.92 Å². The summed E-state index contributed by atoms with van der Waals surface area (Å²) in [5.74, 6) is 1.52. The van der Waals surface area contributed by atoms with E-state index in [1.165, 1.54) is 12.8 Å². The number of carbonyl (C=O) groups is 1. The van der Waals surface area contributed by atoms with Crippen LogP contribution in [0.1, 0.15) is 12.8 Å². The number of benzene rings is 1. The van der Waals surface area contributed by atoms with Gasteiger partial charge in [-0.1, -0.05) is 15.9 Å². The molecular formula is C12H14BrNO3. The van der Waals surface area contributed by atoms with Gasteiger partial charge in [-0.25, -0.2) is 0 Å². The van der Waals surface area contributed by atoms with Crippen LogP contribution in [-0.2, 0) is 4.79 Å². The van der Waals surface area contributed by atoms with Crippen molar-refractivity contribution in [1.29, 1.82) is 0 Å². The van der Waals surface area contributed by atoms with Gasteiger partial charge >= 0.3 is 0 Å². The van der Waals surface area contributed by atoms with E-state index in [0.717, 1.165) is 16.8 Å². The molecule has 0 aromatic heterocycles. The van der Waals surface area contributed by atoms with Gasteiger partial charge in [0, 0.05) is 10.5 Å². The lowest BCUT2D eigenvalue weighted by atomic mass is 10.3. The van der Waals surface area contributed by atoms with Gasteiger partial charge in [0.2, 0.25) is 0 Å². The van der Waals surface area contributed by atoms with Gasteiger partial charge in [-0.05, 0) is 30.9 Å². The van der Waals surface area contributed by atoms with Gasteiger partial charge in [0.05, 0.1) is 6.61 Å². The highest BCUT2D eigenvalue weighted by molar-refractivity contribution is 9.10. The molecule has 92 valence electrons. The highest BCUT2D eigenvalue weighted by atomic mass is 79.9. The molecule has 0 radical (unpaired) electrons. The maximum absolute atomic E-state index is 10.6. The minimum absolute atomic E-state index is 0.126. The van der Waals surface area contributed by atoms with Crippen molar-refractivity contribution in [3.8, 4) is 11.5 Å². The van der Waals surface area contributed by atoms with Crippen LogP contribution >= 0.6 is 15.9 Å². The molecule has 0 bridgehead atoms. The van der Waals surface area contributed by atoms with Crippen LogP contribution in [-0.4, -0.2) is 19.1 Å². The molecule has 2 N–H and O–H groups in total. The number of nitrogens with two attached hydrogens (primary N) is 1. The van der Waals surface area contributed by atoms with Gasteiger partial charge in [0.15, 0.2) is 6.61 Å². The van der Waals surface area contributed by atoms with E-state index in [-0.39, 0.29) is 6.61 Å². The number of amides is 1. The molecule has 1 aromatic rings. The van der Waals surface area contributed by atoms with Crippen LogP contribution in [0.25, 0.3) is 0 Å². The summed E-state index contributed by atoms with van der Waals surface area (Å²) in [5.41, 5.74) is 5.02. The Morgan fingerprint density at radius 2 is 1.94 bits per heavy atom. The molecule has 0 aliphatic heterocycles. The Bertz CT molecular complexity index is 418. The lowest BCUT2D eigenvalue weighted by molar-refractivity contribution is -0.119. The summed E-state index contributed by atoms with van der Waals surface area (Å²) in [6.07, 6.45) is 2.50. The second-order valence-electron chi connectivity index (χ2n) is 4.13. The van der Waals surface area contributed by atoms with Gasteiger partial charge in [0.1, 0.15) is 11.5 Å². The Balaban J connectivity index is 1.97. The molecule has 0 heterocycles. The van der Waals surface area contributed by atoms with E-state index in [1.54, 1.807) is 12.1 Å². The van der Waals surface area contributed by atoms with Gasteiger partial charge in [-0.3, -0.25) is 4.79 Å². The van der Waals surface area contributed by atoms with E-state index in [9.17, 15) is 4.79 Å².